The van der Waals surface area contributed by atoms with Crippen molar-refractivity contribution in [3.63, 3.8) is 0 Å². The average molecular weight is 328 g/mol. The number of nitriles is 1. The fourth-order valence-electron chi connectivity index (χ4n) is 3.33. The third kappa shape index (κ3) is 2.79. The molecule has 0 aliphatic carbocycles. The van der Waals surface area contributed by atoms with Crippen LogP contribution in [0, 0.1) is 11.3 Å². The molecule has 2 aromatic carbocycles. The second-order valence-corrected chi connectivity index (χ2v) is 6.11. The summed E-state index contributed by atoms with van der Waals surface area (Å²) in [7, 11) is 0. The van der Waals surface area contributed by atoms with Crippen molar-refractivity contribution in [1.29, 1.82) is 5.26 Å². The Kier molecular flexibility index (Phi) is 3.79. The monoisotopic (exact) mass is 328 g/mol. The van der Waals surface area contributed by atoms with Crippen molar-refractivity contribution in [3.05, 3.63) is 89.0 Å². The van der Waals surface area contributed by atoms with E-state index in [-0.39, 0.29) is 11.8 Å². The van der Waals surface area contributed by atoms with Crippen molar-refractivity contribution in [2.45, 2.75) is 12.5 Å². The molecule has 3 aromatic rings. The van der Waals surface area contributed by atoms with Gasteiger partial charge in [-0.1, -0.05) is 36.4 Å². The molecule has 0 fully saturated rings. The summed E-state index contributed by atoms with van der Waals surface area (Å²) in [5.74, 6) is -0.0300. The van der Waals surface area contributed by atoms with Crippen molar-refractivity contribution in [3.8, 4) is 6.07 Å². The normalized spacial score (nSPS) is 16.1. The Balaban J connectivity index is 1.68. The smallest absolute Gasteiger partial charge is 0.254 e. The molecule has 0 saturated carbocycles. The molecule has 1 unspecified atom stereocenters. The van der Waals surface area contributed by atoms with Gasteiger partial charge in [0, 0.05) is 18.0 Å². The zero-order valence-electron chi connectivity index (χ0n) is 13.5. The standard InChI is InChI=1S/C20H16N4O/c21-10-14-5-4-8-16(9-14)20(25)24-11-17(15-6-2-1-3-7-15)19-18(12-24)22-13-23-19/h1-9,13,17H,11-12H2,(H,22,23). The molecule has 1 aromatic heterocycles. The SMILES string of the molecule is N#Cc1cccc(C(=O)N2Cc3[nH]cnc3C(c3ccccc3)C2)c1. The van der Waals surface area contributed by atoms with Gasteiger partial charge in [0.05, 0.1) is 35.9 Å². The molecule has 4 rings (SSSR count). The maximum Gasteiger partial charge on any atom is 0.254 e. The number of H-pyrrole nitrogens is 1. The number of carbonyl (C=O) groups is 1. The fourth-order valence-corrected chi connectivity index (χ4v) is 3.33. The lowest BCUT2D eigenvalue weighted by molar-refractivity contribution is 0.0722. The first-order valence-corrected chi connectivity index (χ1v) is 8.13. The molecular weight excluding hydrogens is 312 g/mol. The first-order valence-electron chi connectivity index (χ1n) is 8.13. The van der Waals surface area contributed by atoms with Gasteiger partial charge in [0.2, 0.25) is 0 Å². The van der Waals surface area contributed by atoms with Crippen LogP contribution in [-0.2, 0) is 6.54 Å². The molecule has 0 radical (unpaired) electrons. The van der Waals surface area contributed by atoms with Crippen LogP contribution in [0.3, 0.4) is 0 Å². The number of hydrogen-bond donors (Lipinski definition) is 1. The number of hydrogen-bond acceptors (Lipinski definition) is 3. The minimum absolute atomic E-state index is 0.0410. The van der Waals surface area contributed by atoms with E-state index < -0.39 is 0 Å². The maximum absolute atomic E-state index is 13.0. The van der Waals surface area contributed by atoms with Gasteiger partial charge in [-0.05, 0) is 23.8 Å². The lowest BCUT2D eigenvalue weighted by atomic mass is 9.90. The zero-order valence-corrected chi connectivity index (χ0v) is 13.5. The van der Waals surface area contributed by atoms with Crippen molar-refractivity contribution in [1.82, 2.24) is 14.9 Å². The number of nitrogens with one attached hydrogen (secondary N) is 1. The highest BCUT2D eigenvalue weighted by atomic mass is 16.2. The Hall–Kier alpha value is -3.39. The summed E-state index contributed by atoms with van der Waals surface area (Å²) < 4.78 is 0. The van der Waals surface area contributed by atoms with Gasteiger partial charge in [-0.15, -0.1) is 0 Å². The molecule has 0 saturated heterocycles. The van der Waals surface area contributed by atoms with Gasteiger partial charge < -0.3 is 9.88 Å². The lowest BCUT2D eigenvalue weighted by Crippen LogP contribution is -2.38. The molecule has 1 amide bonds. The van der Waals surface area contributed by atoms with Crippen LogP contribution in [0.4, 0.5) is 0 Å². The van der Waals surface area contributed by atoms with Gasteiger partial charge in [-0.3, -0.25) is 4.79 Å². The summed E-state index contributed by atoms with van der Waals surface area (Å²) in [4.78, 5) is 22.4. The van der Waals surface area contributed by atoms with Gasteiger partial charge in [-0.25, -0.2) is 4.98 Å². The van der Waals surface area contributed by atoms with E-state index in [0.717, 1.165) is 17.0 Å². The third-order valence-electron chi connectivity index (χ3n) is 4.56. The van der Waals surface area contributed by atoms with Crippen LogP contribution in [0.25, 0.3) is 0 Å². The van der Waals surface area contributed by atoms with Crippen molar-refractivity contribution in [2.75, 3.05) is 6.54 Å². The molecule has 1 aliphatic heterocycles. The summed E-state index contributed by atoms with van der Waals surface area (Å²) in [5.41, 5.74) is 4.13. The maximum atomic E-state index is 13.0. The molecule has 2 heterocycles. The summed E-state index contributed by atoms with van der Waals surface area (Å²) in [6, 6.07) is 19.0. The van der Waals surface area contributed by atoms with Gasteiger partial charge in [-0.2, -0.15) is 5.26 Å². The molecule has 1 aliphatic rings. The number of carbonyl (C=O) groups excluding carboxylic acids is 1. The molecular formula is C20H16N4O. The summed E-state index contributed by atoms with van der Waals surface area (Å²) in [5, 5.41) is 9.06. The number of amides is 1. The number of imidazole rings is 1. The fraction of sp³-hybridized carbons (Fsp3) is 0.150. The molecule has 0 bridgehead atoms. The predicted molar refractivity (Wildman–Crippen MR) is 92.8 cm³/mol. The number of aromatic nitrogens is 2. The number of aromatic amines is 1. The number of benzene rings is 2. The van der Waals surface area contributed by atoms with E-state index in [1.165, 1.54) is 0 Å². The lowest BCUT2D eigenvalue weighted by Gasteiger charge is -2.32. The topological polar surface area (TPSA) is 72.8 Å². The Morgan fingerprint density at radius 3 is 2.84 bits per heavy atom. The Labute approximate surface area is 145 Å². The average Bonchev–Trinajstić information content (AvgIpc) is 3.16. The van der Waals surface area contributed by atoms with Crippen LogP contribution < -0.4 is 0 Å². The van der Waals surface area contributed by atoms with Crippen LogP contribution in [0.2, 0.25) is 0 Å². The van der Waals surface area contributed by atoms with E-state index >= 15 is 0 Å². The molecule has 0 spiro atoms. The first-order chi connectivity index (χ1) is 12.3. The first kappa shape index (κ1) is 15.2. The van der Waals surface area contributed by atoms with E-state index in [1.807, 2.05) is 23.1 Å². The number of nitrogens with zero attached hydrogens (tertiary/aromatic N) is 3. The third-order valence-corrected chi connectivity index (χ3v) is 4.56. The quantitative estimate of drug-likeness (QED) is 0.786. The number of rotatable bonds is 2. The van der Waals surface area contributed by atoms with Crippen LogP contribution in [0.5, 0.6) is 0 Å². The second kappa shape index (κ2) is 6.25. The van der Waals surface area contributed by atoms with Crippen LogP contribution in [-0.4, -0.2) is 27.3 Å². The molecule has 1 N–H and O–H groups in total. The summed E-state index contributed by atoms with van der Waals surface area (Å²) >= 11 is 0. The predicted octanol–water partition coefficient (Wildman–Crippen LogP) is 3.07. The largest absolute Gasteiger partial charge is 0.347 e. The summed E-state index contributed by atoms with van der Waals surface area (Å²) in [6.45, 7) is 1.06. The van der Waals surface area contributed by atoms with E-state index in [0.29, 0.717) is 24.2 Å². The summed E-state index contributed by atoms with van der Waals surface area (Å²) in [6.07, 6.45) is 1.69. The Morgan fingerprint density at radius 1 is 1.20 bits per heavy atom. The highest BCUT2D eigenvalue weighted by molar-refractivity contribution is 5.94. The minimum atomic E-state index is -0.0710. The van der Waals surface area contributed by atoms with Crippen molar-refractivity contribution < 1.29 is 4.79 Å². The minimum Gasteiger partial charge on any atom is -0.347 e. The molecule has 5 heteroatoms. The van der Waals surface area contributed by atoms with Crippen molar-refractivity contribution >= 4 is 5.91 Å². The van der Waals surface area contributed by atoms with Gasteiger partial charge >= 0.3 is 0 Å². The van der Waals surface area contributed by atoms with Crippen LogP contribution in [0.1, 0.15) is 38.8 Å². The van der Waals surface area contributed by atoms with Gasteiger partial charge in [0.1, 0.15) is 0 Å². The Bertz CT molecular complexity index is 955. The highest BCUT2D eigenvalue weighted by Gasteiger charge is 2.31. The van der Waals surface area contributed by atoms with Crippen LogP contribution >= 0.6 is 0 Å². The van der Waals surface area contributed by atoms with E-state index in [9.17, 15) is 4.79 Å². The Morgan fingerprint density at radius 2 is 2.04 bits per heavy atom. The molecule has 1 atom stereocenters. The van der Waals surface area contributed by atoms with E-state index in [2.05, 4.69) is 28.2 Å². The molecule has 25 heavy (non-hydrogen) atoms. The van der Waals surface area contributed by atoms with Gasteiger partial charge in [0.25, 0.3) is 5.91 Å². The van der Waals surface area contributed by atoms with E-state index in [4.69, 9.17) is 5.26 Å². The zero-order chi connectivity index (χ0) is 17.2. The highest BCUT2D eigenvalue weighted by Crippen LogP contribution is 2.32. The van der Waals surface area contributed by atoms with Crippen molar-refractivity contribution in [2.24, 2.45) is 0 Å². The van der Waals surface area contributed by atoms with Gasteiger partial charge in [0.15, 0.2) is 0 Å². The van der Waals surface area contributed by atoms with Crippen LogP contribution in [0.15, 0.2) is 60.9 Å². The molecule has 122 valence electrons. The second-order valence-electron chi connectivity index (χ2n) is 6.11. The number of fused-ring (bicyclic) bond motifs is 1. The molecule has 5 nitrogen and oxygen atoms in total. The van der Waals surface area contributed by atoms with E-state index in [1.54, 1.807) is 30.6 Å².